The summed E-state index contributed by atoms with van der Waals surface area (Å²) < 4.78 is 3.11. The van der Waals surface area contributed by atoms with E-state index in [4.69, 9.17) is 0 Å². The maximum absolute atomic E-state index is 12.8. The number of rotatable bonds is 12. The van der Waals surface area contributed by atoms with Crippen LogP contribution in [0.2, 0.25) is 0 Å². The molecule has 2 aromatic rings. The Morgan fingerprint density at radius 2 is 1.65 bits per heavy atom. The van der Waals surface area contributed by atoms with E-state index in [1.807, 2.05) is 18.2 Å². The van der Waals surface area contributed by atoms with Crippen molar-refractivity contribution in [2.75, 3.05) is 0 Å². The smallest absolute Gasteiger partial charge is 0.303 e. The van der Waals surface area contributed by atoms with Crippen molar-refractivity contribution in [2.24, 2.45) is 7.05 Å². The van der Waals surface area contributed by atoms with E-state index in [1.54, 1.807) is 11.6 Å². The van der Waals surface area contributed by atoms with Crippen molar-refractivity contribution in [2.45, 2.75) is 83.1 Å². The van der Waals surface area contributed by atoms with Gasteiger partial charge in [0.05, 0.1) is 11.0 Å². The summed E-state index contributed by atoms with van der Waals surface area (Å²) in [6.45, 7) is 0. The lowest BCUT2D eigenvalue weighted by atomic mass is 10.0. The van der Waals surface area contributed by atoms with Gasteiger partial charge in [-0.25, -0.2) is 4.79 Å². The fourth-order valence-corrected chi connectivity index (χ4v) is 4.41. The Morgan fingerprint density at radius 1 is 0.968 bits per heavy atom. The molecule has 0 saturated carbocycles. The summed E-state index contributed by atoms with van der Waals surface area (Å²) in [5.41, 5.74) is 2.52. The fourth-order valence-electron chi connectivity index (χ4n) is 4.41. The first-order valence-electron chi connectivity index (χ1n) is 11.5. The fraction of sp³-hybridized carbons (Fsp3) is 0.583. The molecule has 2 amide bonds. The second-order valence-corrected chi connectivity index (χ2v) is 8.54. The highest BCUT2D eigenvalue weighted by atomic mass is 16.2. The van der Waals surface area contributed by atoms with Gasteiger partial charge in [-0.05, 0) is 43.4 Å². The summed E-state index contributed by atoms with van der Waals surface area (Å²) >= 11 is 0. The molecule has 1 aliphatic heterocycles. The number of carbonyl (C=O) groups is 3. The maximum Gasteiger partial charge on any atom is 0.329 e. The average Bonchev–Trinajstić information content (AvgIpc) is 3.00. The predicted molar refractivity (Wildman–Crippen MR) is 120 cm³/mol. The van der Waals surface area contributed by atoms with Crippen molar-refractivity contribution in [3.05, 3.63) is 34.2 Å². The van der Waals surface area contributed by atoms with E-state index in [9.17, 15) is 19.2 Å². The van der Waals surface area contributed by atoms with Crippen LogP contribution in [0.4, 0.5) is 0 Å². The standard InChI is InChI=1S/C24H33N3O4/c1-26-21-17-18(11-9-7-5-3-2-4-6-8-10-16-28)12-13-19(21)27(24(26)31)20-14-15-22(29)25-23(20)30/h12-13,16-17,20H,2-11,14-15H2,1H3,(H,25,29,30). The number of nitrogens with one attached hydrogen (secondary N) is 1. The molecule has 1 fully saturated rings. The Labute approximate surface area is 182 Å². The van der Waals surface area contributed by atoms with Gasteiger partial charge in [0.15, 0.2) is 0 Å². The van der Waals surface area contributed by atoms with E-state index < -0.39 is 11.9 Å². The number of hydrogen-bond donors (Lipinski definition) is 1. The number of unbranched alkanes of at least 4 members (excludes halogenated alkanes) is 8. The van der Waals surface area contributed by atoms with Crippen molar-refractivity contribution in [1.29, 1.82) is 0 Å². The zero-order valence-electron chi connectivity index (χ0n) is 18.4. The lowest BCUT2D eigenvalue weighted by Gasteiger charge is -2.21. The molecule has 7 nitrogen and oxygen atoms in total. The van der Waals surface area contributed by atoms with Gasteiger partial charge in [0.25, 0.3) is 0 Å². The molecule has 1 aromatic carbocycles. The molecule has 0 radical (unpaired) electrons. The SMILES string of the molecule is Cn1c(=O)n(C2CCC(=O)NC2=O)c2ccc(CCCCCCCCCCC=O)cc21. The van der Waals surface area contributed by atoms with Gasteiger partial charge < -0.3 is 4.79 Å². The Balaban J connectivity index is 1.54. The van der Waals surface area contributed by atoms with Crippen molar-refractivity contribution in [3.63, 3.8) is 0 Å². The highest BCUT2D eigenvalue weighted by Crippen LogP contribution is 2.24. The molecule has 1 atom stereocenters. The molecule has 31 heavy (non-hydrogen) atoms. The van der Waals surface area contributed by atoms with Crippen LogP contribution in [0.5, 0.6) is 0 Å². The van der Waals surface area contributed by atoms with Gasteiger partial charge in [-0.2, -0.15) is 0 Å². The Kier molecular flexibility index (Phi) is 8.20. The van der Waals surface area contributed by atoms with E-state index >= 15 is 0 Å². The number of hydrogen-bond acceptors (Lipinski definition) is 4. The number of benzene rings is 1. The molecule has 1 unspecified atom stereocenters. The minimum Gasteiger partial charge on any atom is -0.303 e. The van der Waals surface area contributed by atoms with Crippen LogP contribution in [-0.2, 0) is 27.9 Å². The van der Waals surface area contributed by atoms with Gasteiger partial charge in [-0.1, -0.05) is 44.6 Å². The third-order valence-electron chi connectivity index (χ3n) is 6.21. The number of aryl methyl sites for hydroxylation is 2. The van der Waals surface area contributed by atoms with Crippen molar-refractivity contribution >= 4 is 29.1 Å². The molecule has 7 heteroatoms. The minimum absolute atomic E-state index is 0.227. The van der Waals surface area contributed by atoms with E-state index in [1.165, 1.54) is 42.2 Å². The van der Waals surface area contributed by atoms with Gasteiger partial charge in [0.1, 0.15) is 12.3 Å². The molecule has 0 bridgehead atoms. The molecule has 1 aliphatic rings. The van der Waals surface area contributed by atoms with Crippen LogP contribution in [0, 0.1) is 0 Å². The molecule has 1 aromatic heterocycles. The summed E-state index contributed by atoms with van der Waals surface area (Å²) in [6, 6.07) is 5.37. The summed E-state index contributed by atoms with van der Waals surface area (Å²) in [5.74, 6) is -0.687. The van der Waals surface area contributed by atoms with Crippen molar-refractivity contribution < 1.29 is 14.4 Å². The molecule has 1 saturated heterocycles. The predicted octanol–water partition coefficient (Wildman–Crippen LogP) is 3.57. The number of fused-ring (bicyclic) bond motifs is 1. The normalized spacial score (nSPS) is 16.6. The molecule has 1 N–H and O–H groups in total. The number of imide groups is 1. The number of piperidine rings is 1. The molecule has 0 aliphatic carbocycles. The first-order chi connectivity index (χ1) is 15.0. The van der Waals surface area contributed by atoms with Crippen LogP contribution in [0.3, 0.4) is 0 Å². The number of carbonyl (C=O) groups excluding carboxylic acids is 3. The second-order valence-electron chi connectivity index (χ2n) is 8.54. The summed E-state index contributed by atoms with van der Waals surface area (Å²) in [4.78, 5) is 46.8. The highest BCUT2D eigenvalue weighted by Gasteiger charge is 2.31. The second kappa shape index (κ2) is 11.1. The number of amides is 2. The number of aromatic nitrogens is 2. The van der Waals surface area contributed by atoms with Crippen LogP contribution in [0.25, 0.3) is 11.0 Å². The number of nitrogens with zero attached hydrogens (tertiary/aromatic N) is 2. The minimum atomic E-state index is -0.641. The number of aldehydes is 1. The van der Waals surface area contributed by atoms with Gasteiger partial charge in [0.2, 0.25) is 11.8 Å². The summed E-state index contributed by atoms with van der Waals surface area (Å²) in [6.07, 6.45) is 12.6. The molecular formula is C24H33N3O4. The Bertz CT molecular complexity index is 989. The van der Waals surface area contributed by atoms with Gasteiger partial charge in [-0.3, -0.25) is 24.0 Å². The van der Waals surface area contributed by atoms with Crippen LogP contribution < -0.4 is 11.0 Å². The molecular weight excluding hydrogens is 394 g/mol. The monoisotopic (exact) mass is 427 g/mol. The topological polar surface area (TPSA) is 90.2 Å². The summed E-state index contributed by atoms with van der Waals surface area (Å²) in [5, 5.41) is 2.34. The van der Waals surface area contributed by atoms with Gasteiger partial charge in [0, 0.05) is 19.9 Å². The number of imidazole rings is 1. The van der Waals surface area contributed by atoms with E-state index in [0.29, 0.717) is 12.8 Å². The van der Waals surface area contributed by atoms with Gasteiger partial charge >= 0.3 is 5.69 Å². The van der Waals surface area contributed by atoms with Gasteiger partial charge in [-0.15, -0.1) is 0 Å². The van der Waals surface area contributed by atoms with Crippen molar-refractivity contribution in [1.82, 2.24) is 14.5 Å². The summed E-state index contributed by atoms with van der Waals surface area (Å²) in [7, 11) is 1.73. The lowest BCUT2D eigenvalue weighted by Crippen LogP contribution is -2.44. The molecule has 0 spiro atoms. The van der Waals surface area contributed by atoms with Crippen molar-refractivity contribution in [3.8, 4) is 0 Å². The molecule has 168 valence electrons. The Morgan fingerprint density at radius 3 is 2.32 bits per heavy atom. The first-order valence-corrected chi connectivity index (χ1v) is 11.5. The third kappa shape index (κ3) is 5.71. The van der Waals surface area contributed by atoms with Crippen LogP contribution in [0.1, 0.15) is 82.2 Å². The van der Waals surface area contributed by atoms with Crippen LogP contribution in [-0.4, -0.2) is 27.2 Å². The quantitative estimate of drug-likeness (QED) is 0.318. The van der Waals surface area contributed by atoms with Crippen LogP contribution >= 0.6 is 0 Å². The van der Waals surface area contributed by atoms with E-state index in [-0.39, 0.29) is 18.0 Å². The third-order valence-corrected chi connectivity index (χ3v) is 6.21. The average molecular weight is 428 g/mol. The van der Waals surface area contributed by atoms with Crippen LogP contribution in [0.15, 0.2) is 23.0 Å². The zero-order valence-corrected chi connectivity index (χ0v) is 18.4. The molecule has 3 rings (SSSR count). The largest absolute Gasteiger partial charge is 0.329 e. The van der Waals surface area contributed by atoms with E-state index in [2.05, 4.69) is 5.32 Å². The zero-order chi connectivity index (χ0) is 22.2. The van der Waals surface area contributed by atoms with E-state index in [0.717, 1.165) is 43.0 Å². The Hall–Kier alpha value is -2.70. The maximum atomic E-state index is 12.8. The molecule has 2 heterocycles. The highest BCUT2D eigenvalue weighted by molar-refractivity contribution is 6.00. The first kappa shape index (κ1) is 23.0. The lowest BCUT2D eigenvalue weighted by molar-refractivity contribution is -0.135.